The average molecular weight is 300 g/mol. The zero-order valence-electron chi connectivity index (χ0n) is 11.9. The first-order chi connectivity index (χ1) is 9.88. The van der Waals surface area contributed by atoms with Crippen LogP contribution in [0.4, 0.5) is 13.2 Å². The van der Waals surface area contributed by atoms with Crippen molar-refractivity contribution >= 4 is 5.97 Å². The molecule has 0 spiro atoms. The van der Waals surface area contributed by atoms with Gasteiger partial charge in [0.05, 0.1) is 11.8 Å². The topological polar surface area (TPSA) is 26.3 Å². The summed E-state index contributed by atoms with van der Waals surface area (Å²) in [4.78, 5) is 12.1. The number of alkyl halides is 3. The lowest BCUT2D eigenvalue weighted by Crippen LogP contribution is -2.34. The molecule has 0 heterocycles. The van der Waals surface area contributed by atoms with Crippen molar-refractivity contribution in [2.24, 2.45) is 5.92 Å². The third kappa shape index (κ3) is 4.22. The lowest BCUT2D eigenvalue weighted by Gasteiger charge is -2.30. The zero-order chi connectivity index (χ0) is 15.5. The van der Waals surface area contributed by atoms with Crippen molar-refractivity contribution in [2.75, 3.05) is 0 Å². The maximum atomic E-state index is 12.7. The molecular formula is C16H19F3O2. The summed E-state index contributed by atoms with van der Waals surface area (Å²) in [5.41, 5.74) is 0.811. The highest BCUT2D eigenvalue weighted by Gasteiger charge is 2.43. The predicted octanol–water partition coefficient (Wildman–Crippen LogP) is 4.45. The van der Waals surface area contributed by atoms with Crippen LogP contribution in [0.1, 0.15) is 44.1 Å². The van der Waals surface area contributed by atoms with Gasteiger partial charge in [0.2, 0.25) is 0 Å². The molecule has 1 aromatic rings. The summed E-state index contributed by atoms with van der Waals surface area (Å²) < 4.78 is 43.5. The van der Waals surface area contributed by atoms with Crippen LogP contribution in [-0.2, 0) is 9.53 Å². The van der Waals surface area contributed by atoms with E-state index in [1.54, 1.807) is 6.92 Å². The second-order valence-corrected chi connectivity index (χ2v) is 5.60. The number of carbonyl (C=O) groups excluding carboxylic acids is 1. The van der Waals surface area contributed by atoms with Crippen LogP contribution >= 0.6 is 0 Å². The van der Waals surface area contributed by atoms with Crippen molar-refractivity contribution in [3.05, 3.63) is 35.9 Å². The second-order valence-electron chi connectivity index (χ2n) is 5.60. The summed E-state index contributed by atoms with van der Waals surface area (Å²) >= 11 is 0. The third-order valence-corrected chi connectivity index (χ3v) is 4.02. The zero-order valence-corrected chi connectivity index (χ0v) is 11.9. The molecular weight excluding hydrogens is 281 g/mol. The molecule has 0 amide bonds. The average Bonchev–Trinajstić information content (AvgIpc) is 2.47. The molecule has 2 rings (SSSR count). The Labute approximate surface area is 122 Å². The fraction of sp³-hybridized carbons (Fsp3) is 0.562. The normalized spacial score (nSPS) is 24.4. The Morgan fingerprint density at radius 1 is 1.24 bits per heavy atom. The Morgan fingerprint density at radius 3 is 2.52 bits per heavy atom. The number of hydrogen-bond donors (Lipinski definition) is 0. The highest BCUT2D eigenvalue weighted by Crippen LogP contribution is 2.38. The first kappa shape index (κ1) is 15.9. The first-order valence-corrected chi connectivity index (χ1v) is 7.20. The highest BCUT2D eigenvalue weighted by molar-refractivity contribution is 5.77. The summed E-state index contributed by atoms with van der Waals surface area (Å²) in [6, 6.07) is 9.10. The van der Waals surface area contributed by atoms with E-state index in [1.807, 2.05) is 30.3 Å². The molecule has 1 saturated carbocycles. The van der Waals surface area contributed by atoms with Crippen LogP contribution in [0.25, 0.3) is 0 Å². The maximum absolute atomic E-state index is 12.7. The van der Waals surface area contributed by atoms with Crippen LogP contribution in [0.5, 0.6) is 0 Å². The van der Waals surface area contributed by atoms with Crippen LogP contribution < -0.4 is 0 Å². The van der Waals surface area contributed by atoms with E-state index in [2.05, 4.69) is 0 Å². The highest BCUT2D eigenvalue weighted by atomic mass is 19.4. The summed E-state index contributed by atoms with van der Waals surface area (Å²) in [6.45, 7) is 1.71. The number of carbonyl (C=O) groups is 1. The molecule has 1 aromatic carbocycles. The molecule has 1 aliphatic carbocycles. The van der Waals surface area contributed by atoms with Crippen molar-refractivity contribution in [1.29, 1.82) is 0 Å². The van der Waals surface area contributed by atoms with Crippen LogP contribution in [0.3, 0.4) is 0 Å². The van der Waals surface area contributed by atoms with Crippen molar-refractivity contribution in [3.8, 4) is 0 Å². The fourth-order valence-electron chi connectivity index (χ4n) is 2.69. The molecule has 0 N–H and O–H groups in total. The molecule has 5 heteroatoms. The third-order valence-electron chi connectivity index (χ3n) is 4.02. The molecule has 116 valence electrons. The largest absolute Gasteiger partial charge is 0.462 e. The minimum atomic E-state index is -4.20. The Morgan fingerprint density at radius 2 is 1.90 bits per heavy atom. The second kappa shape index (κ2) is 6.50. The van der Waals surface area contributed by atoms with E-state index in [9.17, 15) is 18.0 Å². The molecule has 21 heavy (non-hydrogen) atoms. The Hall–Kier alpha value is -1.52. The number of rotatable bonds is 3. The van der Waals surface area contributed by atoms with Crippen molar-refractivity contribution < 1.29 is 22.7 Å². The molecule has 0 aromatic heterocycles. The molecule has 3 atom stereocenters. The van der Waals surface area contributed by atoms with Gasteiger partial charge < -0.3 is 4.74 Å². The SMILES string of the molecule is C[C@@H](C(=O)O[C@@H]1CCC[C@@H](C(F)(F)F)C1)c1ccccc1. The minimum Gasteiger partial charge on any atom is -0.462 e. The lowest BCUT2D eigenvalue weighted by atomic mass is 9.86. The predicted molar refractivity (Wildman–Crippen MR) is 72.8 cm³/mol. The van der Waals surface area contributed by atoms with Crippen molar-refractivity contribution in [1.82, 2.24) is 0 Å². The van der Waals surface area contributed by atoms with Gasteiger partial charge in [0.15, 0.2) is 0 Å². The van der Waals surface area contributed by atoms with E-state index >= 15 is 0 Å². The molecule has 0 aliphatic heterocycles. The molecule has 0 bridgehead atoms. The maximum Gasteiger partial charge on any atom is 0.391 e. The molecule has 0 unspecified atom stereocenters. The Balaban J connectivity index is 1.93. The standard InChI is InChI=1S/C16H19F3O2/c1-11(12-6-3-2-4-7-12)15(20)21-14-9-5-8-13(10-14)16(17,18)19/h2-4,6-7,11,13-14H,5,8-10H2,1H3/t11-,13-,14-/m1/s1. The van der Waals surface area contributed by atoms with E-state index in [-0.39, 0.29) is 12.8 Å². The van der Waals surface area contributed by atoms with Gasteiger partial charge >= 0.3 is 12.1 Å². The molecule has 0 radical (unpaired) electrons. The molecule has 1 aliphatic rings. The fourth-order valence-corrected chi connectivity index (χ4v) is 2.69. The van der Waals surface area contributed by atoms with Gasteiger partial charge in [0.1, 0.15) is 6.10 Å². The Bertz CT molecular complexity index is 470. The number of halogens is 3. The van der Waals surface area contributed by atoms with E-state index < -0.39 is 30.1 Å². The van der Waals surface area contributed by atoms with Crippen LogP contribution in [0.2, 0.25) is 0 Å². The molecule has 0 saturated heterocycles. The Kier molecular flexibility index (Phi) is 4.91. The van der Waals surface area contributed by atoms with Gasteiger partial charge in [-0.3, -0.25) is 4.79 Å². The molecule has 2 nitrogen and oxygen atoms in total. The number of ether oxygens (including phenoxy) is 1. The minimum absolute atomic E-state index is 0.114. The van der Waals surface area contributed by atoms with Gasteiger partial charge in [-0.15, -0.1) is 0 Å². The van der Waals surface area contributed by atoms with Crippen LogP contribution in [0.15, 0.2) is 30.3 Å². The van der Waals surface area contributed by atoms with Gasteiger partial charge in [-0.05, 0) is 38.2 Å². The van der Waals surface area contributed by atoms with Gasteiger partial charge in [0, 0.05) is 0 Å². The van der Waals surface area contributed by atoms with E-state index in [4.69, 9.17) is 4.74 Å². The number of hydrogen-bond acceptors (Lipinski definition) is 2. The van der Waals surface area contributed by atoms with Gasteiger partial charge in [-0.2, -0.15) is 13.2 Å². The molecule has 1 fully saturated rings. The van der Waals surface area contributed by atoms with Gasteiger partial charge in [-0.25, -0.2) is 0 Å². The van der Waals surface area contributed by atoms with Gasteiger partial charge in [0.25, 0.3) is 0 Å². The lowest BCUT2D eigenvalue weighted by molar-refractivity contribution is -0.194. The smallest absolute Gasteiger partial charge is 0.391 e. The summed E-state index contributed by atoms with van der Waals surface area (Å²) in [6.07, 6.45) is -3.84. The van der Waals surface area contributed by atoms with Crippen molar-refractivity contribution in [3.63, 3.8) is 0 Å². The first-order valence-electron chi connectivity index (χ1n) is 7.20. The summed E-state index contributed by atoms with van der Waals surface area (Å²) in [5, 5.41) is 0. The van der Waals surface area contributed by atoms with E-state index in [0.717, 1.165) is 5.56 Å². The number of esters is 1. The summed E-state index contributed by atoms with van der Waals surface area (Å²) in [5.74, 6) is -2.26. The monoisotopic (exact) mass is 300 g/mol. The quantitative estimate of drug-likeness (QED) is 0.771. The van der Waals surface area contributed by atoms with E-state index in [0.29, 0.717) is 12.8 Å². The number of benzene rings is 1. The van der Waals surface area contributed by atoms with Crippen molar-refractivity contribution in [2.45, 2.75) is 50.8 Å². The van der Waals surface area contributed by atoms with Crippen LogP contribution in [0, 0.1) is 5.92 Å². The van der Waals surface area contributed by atoms with Gasteiger partial charge in [-0.1, -0.05) is 30.3 Å². The van der Waals surface area contributed by atoms with E-state index in [1.165, 1.54) is 0 Å². The van der Waals surface area contributed by atoms with Crippen LogP contribution in [-0.4, -0.2) is 18.2 Å². The summed E-state index contributed by atoms with van der Waals surface area (Å²) in [7, 11) is 0.